The Hall–Kier alpha value is -1.83. The average Bonchev–Trinajstić information content (AvgIpc) is 2.92. The highest BCUT2D eigenvalue weighted by Gasteiger charge is 2.28. The number of carbonyl (C=O) groups excluding carboxylic acids is 1. The van der Waals surface area contributed by atoms with Gasteiger partial charge in [-0.15, -0.1) is 0 Å². The van der Waals surface area contributed by atoms with E-state index in [9.17, 15) is 4.79 Å². The van der Waals surface area contributed by atoms with Crippen LogP contribution in [0.4, 0.5) is 0 Å². The minimum atomic E-state index is -0.302. The monoisotopic (exact) mass is 232 g/mol. The maximum atomic E-state index is 11.9. The zero-order valence-electron chi connectivity index (χ0n) is 10.3. The smallest absolute Gasteiger partial charge is 0.256 e. The Kier molecular flexibility index (Phi) is 2.66. The van der Waals surface area contributed by atoms with Crippen molar-refractivity contribution in [2.24, 2.45) is 0 Å². The van der Waals surface area contributed by atoms with Crippen molar-refractivity contribution in [1.29, 1.82) is 5.26 Å². The van der Waals surface area contributed by atoms with Gasteiger partial charge in [0.15, 0.2) is 5.69 Å². The Bertz CT molecular complexity index is 486. The molecule has 0 bridgehead atoms. The van der Waals surface area contributed by atoms with Crippen LogP contribution in [0.3, 0.4) is 0 Å². The third-order valence-electron chi connectivity index (χ3n) is 2.67. The van der Waals surface area contributed by atoms with Crippen LogP contribution in [0.2, 0.25) is 0 Å². The molecule has 1 amide bonds. The van der Waals surface area contributed by atoms with E-state index in [1.165, 1.54) is 6.20 Å². The molecule has 0 saturated heterocycles. The molecular formula is C12H16N4O. The second-order valence-electron chi connectivity index (χ2n) is 5.35. The van der Waals surface area contributed by atoms with Gasteiger partial charge in [0.25, 0.3) is 5.91 Å². The third kappa shape index (κ3) is 2.31. The first-order valence-corrected chi connectivity index (χ1v) is 5.73. The van der Waals surface area contributed by atoms with Crippen LogP contribution in [-0.2, 0) is 5.54 Å². The molecule has 17 heavy (non-hydrogen) atoms. The molecule has 0 aromatic carbocycles. The first kappa shape index (κ1) is 11.6. The second-order valence-corrected chi connectivity index (χ2v) is 5.35. The van der Waals surface area contributed by atoms with Gasteiger partial charge in [0, 0.05) is 6.04 Å². The molecule has 1 aliphatic carbocycles. The Morgan fingerprint density at radius 2 is 2.24 bits per heavy atom. The third-order valence-corrected chi connectivity index (χ3v) is 2.67. The van der Waals surface area contributed by atoms with Gasteiger partial charge < -0.3 is 5.32 Å². The van der Waals surface area contributed by atoms with Gasteiger partial charge in [-0.3, -0.25) is 4.79 Å². The van der Waals surface area contributed by atoms with Crippen molar-refractivity contribution in [3.63, 3.8) is 0 Å². The van der Waals surface area contributed by atoms with E-state index < -0.39 is 0 Å². The molecule has 1 aliphatic rings. The molecule has 1 saturated carbocycles. The van der Waals surface area contributed by atoms with E-state index in [2.05, 4.69) is 16.5 Å². The van der Waals surface area contributed by atoms with Crippen LogP contribution < -0.4 is 5.32 Å². The van der Waals surface area contributed by atoms with Gasteiger partial charge in [-0.1, -0.05) is 0 Å². The van der Waals surface area contributed by atoms with Crippen molar-refractivity contribution >= 4 is 5.91 Å². The molecule has 90 valence electrons. The van der Waals surface area contributed by atoms with Crippen LogP contribution in [0.15, 0.2) is 6.20 Å². The summed E-state index contributed by atoms with van der Waals surface area (Å²) >= 11 is 0. The number of nitrogens with one attached hydrogen (secondary N) is 1. The van der Waals surface area contributed by atoms with Gasteiger partial charge in [-0.05, 0) is 33.6 Å². The lowest BCUT2D eigenvalue weighted by atomic mass is 10.1. The number of carbonyl (C=O) groups is 1. The standard InChI is InChI=1S/C12H16N4O/c1-12(2,3)16-10(6-13)9(7-14-16)11(17)15-8-4-5-8/h7-8H,4-5H2,1-3H3,(H,15,17). The van der Waals surface area contributed by atoms with E-state index in [4.69, 9.17) is 5.26 Å². The number of hydrogen-bond acceptors (Lipinski definition) is 3. The first-order valence-electron chi connectivity index (χ1n) is 5.73. The number of nitriles is 1. The predicted octanol–water partition coefficient (Wildman–Crippen LogP) is 1.40. The van der Waals surface area contributed by atoms with Gasteiger partial charge in [-0.25, -0.2) is 4.68 Å². The molecule has 1 N–H and O–H groups in total. The Morgan fingerprint density at radius 3 is 2.71 bits per heavy atom. The lowest BCUT2D eigenvalue weighted by molar-refractivity contribution is 0.0950. The normalized spacial score (nSPS) is 15.4. The summed E-state index contributed by atoms with van der Waals surface area (Å²) in [5.41, 5.74) is 0.397. The molecule has 1 heterocycles. The van der Waals surface area contributed by atoms with Gasteiger partial charge in [-0.2, -0.15) is 10.4 Å². The van der Waals surface area contributed by atoms with Gasteiger partial charge in [0.05, 0.1) is 17.3 Å². The minimum absolute atomic E-state index is 0.195. The van der Waals surface area contributed by atoms with E-state index >= 15 is 0 Å². The van der Waals surface area contributed by atoms with E-state index in [0.29, 0.717) is 11.3 Å². The summed E-state index contributed by atoms with van der Waals surface area (Å²) in [6.45, 7) is 5.84. The molecule has 5 nitrogen and oxygen atoms in total. The molecular weight excluding hydrogens is 216 g/mol. The molecule has 0 aliphatic heterocycles. The molecule has 5 heteroatoms. The van der Waals surface area contributed by atoms with E-state index in [1.54, 1.807) is 4.68 Å². The minimum Gasteiger partial charge on any atom is -0.349 e. The van der Waals surface area contributed by atoms with Crippen molar-refractivity contribution in [3.8, 4) is 6.07 Å². The Morgan fingerprint density at radius 1 is 1.59 bits per heavy atom. The van der Waals surface area contributed by atoms with Crippen LogP contribution in [0.25, 0.3) is 0 Å². The Labute approximate surface area is 100 Å². The summed E-state index contributed by atoms with van der Waals surface area (Å²) < 4.78 is 1.59. The lowest BCUT2D eigenvalue weighted by Gasteiger charge is -2.20. The summed E-state index contributed by atoms with van der Waals surface area (Å²) in [5.74, 6) is -0.195. The topological polar surface area (TPSA) is 70.7 Å². The van der Waals surface area contributed by atoms with Crippen molar-refractivity contribution < 1.29 is 4.79 Å². The van der Waals surface area contributed by atoms with E-state index in [0.717, 1.165) is 12.8 Å². The highest BCUT2D eigenvalue weighted by molar-refractivity contribution is 5.96. The Balaban J connectivity index is 2.32. The maximum Gasteiger partial charge on any atom is 0.256 e. The highest BCUT2D eigenvalue weighted by Crippen LogP contribution is 2.22. The van der Waals surface area contributed by atoms with Crippen LogP contribution in [0.1, 0.15) is 49.7 Å². The molecule has 0 radical (unpaired) electrons. The summed E-state index contributed by atoms with van der Waals surface area (Å²) in [7, 11) is 0. The van der Waals surface area contributed by atoms with Gasteiger partial charge >= 0.3 is 0 Å². The van der Waals surface area contributed by atoms with Gasteiger partial charge in [0.2, 0.25) is 0 Å². The second kappa shape index (κ2) is 3.88. The molecule has 1 fully saturated rings. The summed E-state index contributed by atoms with van der Waals surface area (Å²) in [4.78, 5) is 11.9. The summed E-state index contributed by atoms with van der Waals surface area (Å²) in [6, 6.07) is 2.35. The summed E-state index contributed by atoms with van der Waals surface area (Å²) in [5, 5.41) is 16.2. The molecule has 2 rings (SSSR count). The van der Waals surface area contributed by atoms with Crippen molar-refractivity contribution in [2.75, 3.05) is 0 Å². The van der Waals surface area contributed by atoms with Crippen molar-refractivity contribution in [3.05, 3.63) is 17.5 Å². The molecule has 0 unspecified atom stereocenters. The number of rotatable bonds is 2. The fraction of sp³-hybridized carbons (Fsp3) is 0.583. The lowest BCUT2D eigenvalue weighted by Crippen LogP contribution is -2.28. The first-order chi connectivity index (χ1) is 7.93. The SMILES string of the molecule is CC(C)(C)n1ncc(C(=O)NC2CC2)c1C#N. The molecule has 0 atom stereocenters. The zero-order chi connectivity index (χ0) is 12.6. The zero-order valence-corrected chi connectivity index (χ0v) is 10.3. The quantitative estimate of drug-likeness (QED) is 0.837. The highest BCUT2D eigenvalue weighted by atomic mass is 16.1. The van der Waals surface area contributed by atoms with Crippen LogP contribution in [-0.4, -0.2) is 21.7 Å². The summed E-state index contributed by atoms with van der Waals surface area (Å²) in [6.07, 6.45) is 3.53. The van der Waals surface area contributed by atoms with Gasteiger partial charge in [0.1, 0.15) is 6.07 Å². The maximum absolute atomic E-state index is 11.9. The van der Waals surface area contributed by atoms with Crippen molar-refractivity contribution in [2.45, 2.75) is 45.2 Å². The molecule has 1 aromatic heterocycles. The van der Waals surface area contributed by atoms with Crippen LogP contribution >= 0.6 is 0 Å². The van der Waals surface area contributed by atoms with E-state index in [1.807, 2.05) is 20.8 Å². The number of aromatic nitrogens is 2. The number of nitrogens with zero attached hydrogens (tertiary/aromatic N) is 3. The fourth-order valence-electron chi connectivity index (χ4n) is 1.62. The largest absolute Gasteiger partial charge is 0.349 e. The van der Waals surface area contributed by atoms with Crippen LogP contribution in [0, 0.1) is 11.3 Å². The van der Waals surface area contributed by atoms with Crippen molar-refractivity contribution in [1.82, 2.24) is 15.1 Å². The van der Waals surface area contributed by atoms with Crippen LogP contribution in [0.5, 0.6) is 0 Å². The fourth-order valence-corrected chi connectivity index (χ4v) is 1.62. The number of hydrogen-bond donors (Lipinski definition) is 1. The molecule has 0 spiro atoms. The molecule has 1 aromatic rings. The van der Waals surface area contributed by atoms with E-state index in [-0.39, 0.29) is 17.5 Å². The average molecular weight is 232 g/mol. The number of amides is 1. The predicted molar refractivity (Wildman–Crippen MR) is 62.4 cm³/mol.